The van der Waals surface area contributed by atoms with Crippen molar-refractivity contribution in [2.75, 3.05) is 13.7 Å². The van der Waals surface area contributed by atoms with E-state index in [1.807, 2.05) is 0 Å². The second kappa shape index (κ2) is 5.12. The molecule has 3 aliphatic heterocycles. The Morgan fingerprint density at radius 2 is 2.04 bits per heavy atom. The fraction of sp³-hybridized carbons (Fsp3) is 0.688. The van der Waals surface area contributed by atoms with Crippen molar-refractivity contribution in [1.82, 2.24) is 0 Å². The quantitative estimate of drug-likeness (QED) is 0.620. The van der Waals surface area contributed by atoms with Crippen molar-refractivity contribution >= 4 is 5.97 Å². The molecule has 3 N–H and O–H groups in total. The number of methoxy groups -OCH3 is 1. The van der Waals surface area contributed by atoms with E-state index in [4.69, 9.17) is 14.2 Å². The average Bonchev–Trinajstić information content (AvgIpc) is 2.89. The van der Waals surface area contributed by atoms with Gasteiger partial charge in [-0.1, -0.05) is 0 Å². The Morgan fingerprint density at radius 1 is 1.35 bits per heavy atom. The van der Waals surface area contributed by atoms with E-state index in [0.717, 1.165) is 0 Å². The normalized spacial score (nSPS) is 43.5. The van der Waals surface area contributed by atoms with Crippen molar-refractivity contribution in [3.05, 3.63) is 23.0 Å². The third-order valence-corrected chi connectivity index (χ3v) is 4.89. The number of ether oxygens (including phenoxy) is 3. The Morgan fingerprint density at radius 3 is 2.70 bits per heavy atom. The fourth-order valence-corrected chi connectivity index (χ4v) is 3.53. The number of hydrogen-bond acceptors (Lipinski definition) is 7. The first-order valence-corrected chi connectivity index (χ1v) is 7.61. The third-order valence-electron chi connectivity index (χ3n) is 4.89. The molecule has 0 spiro atoms. The van der Waals surface area contributed by atoms with Crippen molar-refractivity contribution in [1.29, 1.82) is 0 Å². The van der Waals surface area contributed by atoms with Crippen LogP contribution in [-0.4, -0.2) is 58.1 Å². The van der Waals surface area contributed by atoms with Crippen LogP contribution in [0.4, 0.5) is 0 Å². The van der Waals surface area contributed by atoms with Gasteiger partial charge in [-0.3, -0.25) is 0 Å². The van der Waals surface area contributed by atoms with Gasteiger partial charge in [0.05, 0.1) is 23.9 Å². The standard InChI is InChI=1S/C16H22O7/c1-14-4-5-16(20,23-14)15(2,19)6-10(17)12-9(8-21-3)13(18)22-11(12)7-14/h7,10,17,19-20H,4-6,8H2,1-3H3/t10-,14+,15+,16+/m0/s1. The lowest BCUT2D eigenvalue weighted by Gasteiger charge is -2.39. The summed E-state index contributed by atoms with van der Waals surface area (Å²) in [7, 11) is 1.44. The van der Waals surface area contributed by atoms with Gasteiger partial charge in [-0.25, -0.2) is 4.79 Å². The van der Waals surface area contributed by atoms with Gasteiger partial charge in [0.1, 0.15) is 11.4 Å². The van der Waals surface area contributed by atoms with Crippen molar-refractivity contribution in [3.63, 3.8) is 0 Å². The molecular weight excluding hydrogens is 304 g/mol. The van der Waals surface area contributed by atoms with Gasteiger partial charge < -0.3 is 29.5 Å². The number of rotatable bonds is 2. The van der Waals surface area contributed by atoms with E-state index in [2.05, 4.69) is 0 Å². The molecule has 3 heterocycles. The first-order chi connectivity index (χ1) is 10.6. The largest absolute Gasteiger partial charge is 0.423 e. The number of aliphatic hydroxyl groups excluding tert-OH is 1. The van der Waals surface area contributed by atoms with Gasteiger partial charge in [0.25, 0.3) is 0 Å². The van der Waals surface area contributed by atoms with Gasteiger partial charge in [0, 0.05) is 25.5 Å². The Kier molecular flexibility index (Phi) is 3.70. The van der Waals surface area contributed by atoms with Crippen LogP contribution in [0.2, 0.25) is 0 Å². The average molecular weight is 326 g/mol. The Balaban J connectivity index is 2.14. The Hall–Kier alpha value is -1.25. The van der Waals surface area contributed by atoms with E-state index >= 15 is 0 Å². The summed E-state index contributed by atoms with van der Waals surface area (Å²) < 4.78 is 16.0. The van der Waals surface area contributed by atoms with E-state index in [1.165, 1.54) is 14.0 Å². The van der Waals surface area contributed by atoms with Crippen LogP contribution in [0, 0.1) is 0 Å². The minimum atomic E-state index is -1.77. The Bertz CT molecular complexity index is 606. The molecular formula is C16H22O7. The van der Waals surface area contributed by atoms with E-state index < -0.39 is 29.1 Å². The van der Waals surface area contributed by atoms with Crippen LogP contribution in [-0.2, 0) is 19.0 Å². The first kappa shape index (κ1) is 16.6. The number of hydrogen-bond donors (Lipinski definition) is 3. The zero-order chi connectivity index (χ0) is 17.0. The van der Waals surface area contributed by atoms with Crippen LogP contribution in [0.25, 0.3) is 0 Å². The van der Waals surface area contributed by atoms with Crippen LogP contribution in [0.15, 0.2) is 23.0 Å². The van der Waals surface area contributed by atoms with Crippen LogP contribution < -0.4 is 0 Å². The summed E-state index contributed by atoms with van der Waals surface area (Å²) in [4.78, 5) is 12.1. The van der Waals surface area contributed by atoms with Gasteiger partial charge in [-0.05, 0) is 26.3 Å². The molecule has 0 radical (unpaired) electrons. The highest BCUT2D eigenvalue weighted by Crippen LogP contribution is 2.48. The van der Waals surface area contributed by atoms with Gasteiger partial charge in [-0.15, -0.1) is 0 Å². The minimum Gasteiger partial charge on any atom is -0.423 e. The van der Waals surface area contributed by atoms with E-state index in [1.54, 1.807) is 13.0 Å². The molecule has 0 aromatic heterocycles. The first-order valence-electron chi connectivity index (χ1n) is 7.61. The minimum absolute atomic E-state index is 0.00739. The summed E-state index contributed by atoms with van der Waals surface area (Å²) in [5, 5.41) is 32.0. The molecule has 0 aromatic rings. The predicted molar refractivity (Wildman–Crippen MR) is 78.0 cm³/mol. The molecule has 128 valence electrons. The molecule has 2 bridgehead atoms. The maximum Gasteiger partial charge on any atom is 0.342 e. The van der Waals surface area contributed by atoms with Crippen LogP contribution in [0.3, 0.4) is 0 Å². The molecule has 1 fully saturated rings. The summed E-state index contributed by atoms with van der Waals surface area (Å²) in [5.41, 5.74) is -2.09. The van der Waals surface area contributed by atoms with Gasteiger partial charge in [0.15, 0.2) is 5.79 Å². The highest BCUT2D eigenvalue weighted by molar-refractivity contribution is 5.95. The summed E-state index contributed by atoms with van der Waals surface area (Å²) in [6.07, 6.45) is 0.861. The van der Waals surface area contributed by atoms with Crippen molar-refractivity contribution in [2.45, 2.75) is 56.2 Å². The van der Waals surface area contributed by atoms with E-state index in [0.29, 0.717) is 6.42 Å². The molecule has 0 unspecified atom stereocenters. The van der Waals surface area contributed by atoms with Gasteiger partial charge in [0.2, 0.25) is 0 Å². The van der Waals surface area contributed by atoms with Gasteiger partial charge in [-0.2, -0.15) is 0 Å². The molecule has 23 heavy (non-hydrogen) atoms. The summed E-state index contributed by atoms with van der Waals surface area (Å²) in [5.74, 6) is -2.15. The van der Waals surface area contributed by atoms with E-state index in [9.17, 15) is 20.1 Å². The highest BCUT2D eigenvalue weighted by atomic mass is 16.7. The monoisotopic (exact) mass is 326 g/mol. The third kappa shape index (κ3) is 2.53. The molecule has 7 heteroatoms. The molecule has 1 saturated heterocycles. The molecule has 7 nitrogen and oxygen atoms in total. The zero-order valence-electron chi connectivity index (χ0n) is 13.5. The highest BCUT2D eigenvalue weighted by Gasteiger charge is 2.58. The maximum atomic E-state index is 12.1. The predicted octanol–water partition coefficient (Wildman–Crippen LogP) is 0.143. The van der Waals surface area contributed by atoms with Crippen LogP contribution in [0.5, 0.6) is 0 Å². The van der Waals surface area contributed by atoms with Gasteiger partial charge >= 0.3 is 5.97 Å². The summed E-state index contributed by atoms with van der Waals surface area (Å²) >= 11 is 0. The molecule has 0 saturated carbocycles. The summed E-state index contributed by atoms with van der Waals surface area (Å²) in [6, 6.07) is 0. The molecule has 0 aliphatic carbocycles. The molecule has 3 rings (SSSR count). The fourth-order valence-electron chi connectivity index (χ4n) is 3.53. The molecule has 0 amide bonds. The lowest BCUT2D eigenvalue weighted by Crippen LogP contribution is -2.54. The van der Waals surface area contributed by atoms with Crippen molar-refractivity contribution in [2.24, 2.45) is 0 Å². The maximum absolute atomic E-state index is 12.1. The Labute approximate surface area is 134 Å². The second-order valence-corrected chi connectivity index (χ2v) is 6.92. The van der Waals surface area contributed by atoms with E-state index in [-0.39, 0.29) is 36.4 Å². The zero-order valence-corrected chi connectivity index (χ0v) is 13.5. The second-order valence-electron chi connectivity index (χ2n) is 6.92. The van der Waals surface area contributed by atoms with Crippen LogP contribution >= 0.6 is 0 Å². The van der Waals surface area contributed by atoms with Crippen molar-refractivity contribution < 1.29 is 34.3 Å². The number of aliphatic hydroxyl groups is 3. The molecule has 3 aliphatic rings. The molecule has 4 atom stereocenters. The lowest BCUT2D eigenvalue weighted by atomic mass is 9.82. The topological polar surface area (TPSA) is 105 Å². The van der Waals surface area contributed by atoms with Crippen molar-refractivity contribution in [3.8, 4) is 0 Å². The smallest absolute Gasteiger partial charge is 0.342 e. The molecule has 0 aromatic carbocycles. The lowest BCUT2D eigenvalue weighted by molar-refractivity contribution is -0.297. The number of carbonyl (C=O) groups excluding carboxylic acids is 1. The summed E-state index contributed by atoms with van der Waals surface area (Å²) in [6.45, 7) is 3.15. The number of carbonyl (C=O) groups is 1. The number of fused-ring (bicyclic) bond motifs is 3. The SMILES string of the molecule is COCC1=C2C(=C[C@@]3(C)CC[C@@](O)(O3)[C@](C)(O)C[C@@H]2O)OC1=O. The number of esters is 1. The van der Waals surface area contributed by atoms with Crippen LogP contribution in [0.1, 0.15) is 33.1 Å².